The molecule has 11 heavy (non-hydrogen) atoms. The maximum absolute atomic E-state index is 8.38. The number of pyridine rings is 1. The molecule has 1 aromatic heterocycles. The maximum Gasteiger partial charge on any atom is 0.0774 e. The molecule has 0 N–H and O–H groups in total. The number of nitrogens with zero attached hydrogens (tertiary/aromatic N) is 2. The summed E-state index contributed by atoms with van der Waals surface area (Å²) in [4.78, 5) is 4.19. The molecule has 0 aliphatic carbocycles. The molecule has 56 valence electrons. The van der Waals surface area contributed by atoms with E-state index in [0.717, 1.165) is 15.9 Å². The smallest absolute Gasteiger partial charge is 0.0774 e. The van der Waals surface area contributed by atoms with Crippen LogP contribution in [0.4, 0.5) is 0 Å². The number of aromatic nitrogens is 1. The fraction of sp³-hybridized carbons (Fsp3) is 0.250. The van der Waals surface area contributed by atoms with Crippen molar-refractivity contribution in [3.63, 3.8) is 0 Å². The van der Waals surface area contributed by atoms with Gasteiger partial charge in [-0.2, -0.15) is 5.26 Å². The van der Waals surface area contributed by atoms with Crippen molar-refractivity contribution >= 4 is 15.9 Å². The Balaban J connectivity index is 2.98. The Labute approximate surface area is 74.0 Å². The van der Waals surface area contributed by atoms with Gasteiger partial charge in [-0.3, -0.25) is 4.98 Å². The lowest BCUT2D eigenvalue weighted by molar-refractivity contribution is 1.06. The Kier molecular flexibility index (Phi) is 2.61. The number of hydrogen-bond acceptors (Lipinski definition) is 2. The summed E-state index contributed by atoms with van der Waals surface area (Å²) in [6.45, 7) is 1.91. The predicted octanol–water partition coefficient (Wildman–Crippen LogP) is 2.22. The molecule has 3 heteroatoms. The summed E-state index contributed by atoms with van der Waals surface area (Å²) in [5, 5.41) is 8.38. The van der Waals surface area contributed by atoms with Gasteiger partial charge in [-0.25, -0.2) is 0 Å². The summed E-state index contributed by atoms with van der Waals surface area (Å²) in [6, 6.07) is 5.81. The van der Waals surface area contributed by atoms with Crippen LogP contribution >= 0.6 is 15.9 Å². The monoisotopic (exact) mass is 210 g/mol. The van der Waals surface area contributed by atoms with E-state index >= 15 is 0 Å². The van der Waals surface area contributed by atoms with Crippen molar-refractivity contribution in [3.05, 3.63) is 28.0 Å². The first-order valence-corrected chi connectivity index (χ1v) is 4.02. The van der Waals surface area contributed by atoms with Crippen LogP contribution in [0, 0.1) is 18.3 Å². The van der Waals surface area contributed by atoms with E-state index in [-0.39, 0.29) is 0 Å². The third-order valence-electron chi connectivity index (χ3n) is 1.34. The number of aryl methyl sites for hydroxylation is 1. The molecule has 0 bridgehead atoms. The van der Waals surface area contributed by atoms with Crippen molar-refractivity contribution in [2.24, 2.45) is 0 Å². The van der Waals surface area contributed by atoms with Crippen molar-refractivity contribution in [1.82, 2.24) is 4.98 Å². The second kappa shape index (κ2) is 3.49. The van der Waals surface area contributed by atoms with Gasteiger partial charge in [0, 0.05) is 4.47 Å². The first-order valence-electron chi connectivity index (χ1n) is 3.23. The minimum atomic E-state index is 0.383. The average Bonchev–Trinajstić information content (AvgIpc) is 1.98. The zero-order chi connectivity index (χ0) is 8.27. The van der Waals surface area contributed by atoms with E-state index in [1.807, 2.05) is 19.1 Å². The van der Waals surface area contributed by atoms with Gasteiger partial charge < -0.3 is 0 Å². The maximum atomic E-state index is 8.38. The molecule has 0 unspecified atom stereocenters. The minimum Gasteiger partial charge on any atom is -0.256 e. The van der Waals surface area contributed by atoms with Crippen LogP contribution in [0.3, 0.4) is 0 Å². The topological polar surface area (TPSA) is 36.7 Å². The Hall–Kier alpha value is -0.880. The molecule has 1 rings (SSSR count). The van der Waals surface area contributed by atoms with Gasteiger partial charge in [0.2, 0.25) is 0 Å². The molecule has 0 aliphatic rings. The van der Waals surface area contributed by atoms with Crippen molar-refractivity contribution < 1.29 is 0 Å². The fourth-order valence-corrected chi connectivity index (χ4v) is 0.996. The molecule has 0 fully saturated rings. The van der Waals surface area contributed by atoms with Crippen molar-refractivity contribution in [1.29, 1.82) is 5.26 Å². The summed E-state index contributed by atoms with van der Waals surface area (Å²) in [6.07, 6.45) is 0.383. The van der Waals surface area contributed by atoms with Crippen LogP contribution in [-0.2, 0) is 6.42 Å². The van der Waals surface area contributed by atoms with Crippen LogP contribution in [0.15, 0.2) is 16.6 Å². The van der Waals surface area contributed by atoms with Gasteiger partial charge in [0.1, 0.15) is 0 Å². The van der Waals surface area contributed by atoms with Crippen LogP contribution in [-0.4, -0.2) is 4.98 Å². The SMILES string of the molecule is Cc1nc(CC#N)ccc1Br. The second-order valence-electron chi connectivity index (χ2n) is 2.20. The van der Waals surface area contributed by atoms with Gasteiger partial charge in [0.25, 0.3) is 0 Å². The number of nitriles is 1. The summed E-state index contributed by atoms with van der Waals surface area (Å²) >= 11 is 3.34. The highest BCUT2D eigenvalue weighted by molar-refractivity contribution is 9.10. The normalized spacial score (nSPS) is 9.18. The molecule has 0 saturated heterocycles. The molecule has 0 saturated carbocycles. The summed E-state index contributed by atoms with van der Waals surface area (Å²) < 4.78 is 0.985. The predicted molar refractivity (Wildman–Crippen MR) is 46.0 cm³/mol. The van der Waals surface area contributed by atoms with Gasteiger partial charge in [-0.1, -0.05) is 0 Å². The zero-order valence-corrected chi connectivity index (χ0v) is 7.72. The van der Waals surface area contributed by atoms with Crippen LogP contribution in [0.2, 0.25) is 0 Å². The standard InChI is InChI=1S/C8H7BrN2/c1-6-8(9)3-2-7(11-6)4-5-10/h2-3H,4H2,1H3. The molecule has 2 nitrogen and oxygen atoms in total. The molecular formula is C8H7BrN2. The van der Waals surface area contributed by atoms with Gasteiger partial charge in [0.05, 0.1) is 23.9 Å². The molecule has 1 heterocycles. The Bertz CT molecular complexity index is 301. The Morgan fingerprint density at radius 1 is 1.64 bits per heavy atom. The van der Waals surface area contributed by atoms with Gasteiger partial charge in [-0.15, -0.1) is 0 Å². The summed E-state index contributed by atoms with van der Waals surface area (Å²) in [5.41, 5.74) is 1.76. The van der Waals surface area contributed by atoms with Crippen molar-refractivity contribution in [2.45, 2.75) is 13.3 Å². The number of hydrogen-bond donors (Lipinski definition) is 0. The largest absolute Gasteiger partial charge is 0.256 e. The highest BCUT2D eigenvalue weighted by atomic mass is 79.9. The number of halogens is 1. The van der Waals surface area contributed by atoms with E-state index in [9.17, 15) is 0 Å². The van der Waals surface area contributed by atoms with Crippen molar-refractivity contribution in [3.8, 4) is 6.07 Å². The van der Waals surface area contributed by atoms with Gasteiger partial charge in [-0.05, 0) is 35.0 Å². The Morgan fingerprint density at radius 2 is 2.36 bits per heavy atom. The van der Waals surface area contributed by atoms with E-state index in [1.54, 1.807) is 0 Å². The lowest BCUT2D eigenvalue weighted by Crippen LogP contribution is -1.90. The summed E-state index contributed by atoms with van der Waals surface area (Å²) in [5.74, 6) is 0. The average molecular weight is 211 g/mol. The Morgan fingerprint density at radius 3 is 2.91 bits per heavy atom. The second-order valence-corrected chi connectivity index (χ2v) is 3.06. The minimum absolute atomic E-state index is 0.383. The molecule has 1 aromatic rings. The van der Waals surface area contributed by atoms with Crippen LogP contribution < -0.4 is 0 Å². The third kappa shape index (κ3) is 2.02. The van der Waals surface area contributed by atoms with E-state index in [1.165, 1.54) is 0 Å². The first kappa shape index (κ1) is 8.22. The van der Waals surface area contributed by atoms with Gasteiger partial charge in [0.15, 0.2) is 0 Å². The lowest BCUT2D eigenvalue weighted by atomic mass is 10.2. The third-order valence-corrected chi connectivity index (χ3v) is 2.18. The van der Waals surface area contributed by atoms with Crippen LogP contribution in [0.1, 0.15) is 11.4 Å². The van der Waals surface area contributed by atoms with Crippen LogP contribution in [0.5, 0.6) is 0 Å². The molecule has 0 radical (unpaired) electrons. The molecular weight excluding hydrogens is 204 g/mol. The quantitative estimate of drug-likeness (QED) is 0.713. The van der Waals surface area contributed by atoms with E-state index in [2.05, 4.69) is 27.0 Å². The first-order chi connectivity index (χ1) is 5.24. The molecule has 0 amide bonds. The highest BCUT2D eigenvalue weighted by Crippen LogP contribution is 2.13. The van der Waals surface area contributed by atoms with E-state index in [0.29, 0.717) is 6.42 Å². The number of rotatable bonds is 1. The zero-order valence-electron chi connectivity index (χ0n) is 6.13. The highest BCUT2D eigenvalue weighted by Gasteiger charge is 1.97. The lowest BCUT2D eigenvalue weighted by Gasteiger charge is -1.97. The van der Waals surface area contributed by atoms with E-state index in [4.69, 9.17) is 5.26 Å². The molecule has 0 aromatic carbocycles. The summed E-state index contributed by atoms with van der Waals surface area (Å²) in [7, 11) is 0. The van der Waals surface area contributed by atoms with Crippen LogP contribution in [0.25, 0.3) is 0 Å². The fourth-order valence-electron chi connectivity index (χ4n) is 0.775. The molecule has 0 spiro atoms. The molecule has 0 aliphatic heterocycles. The molecule has 0 atom stereocenters. The van der Waals surface area contributed by atoms with Crippen molar-refractivity contribution in [2.75, 3.05) is 0 Å². The van der Waals surface area contributed by atoms with Gasteiger partial charge >= 0.3 is 0 Å². The van der Waals surface area contributed by atoms with E-state index < -0.39 is 0 Å².